The number of hydrogen-bond donors (Lipinski definition) is 2. The highest BCUT2D eigenvalue weighted by atomic mass is 35.5. The number of amides is 2. The molecule has 3 heterocycles. The van der Waals surface area contributed by atoms with Crippen molar-refractivity contribution in [2.24, 2.45) is 0 Å². The van der Waals surface area contributed by atoms with E-state index in [9.17, 15) is 14.4 Å². The Labute approximate surface area is 246 Å². The lowest BCUT2D eigenvalue weighted by molar-refractivity contribution is -0.139. The number of hydrogen-bond acceptors (Lipinski definition) is 8. The number of imidazole rings is 1. The number of aromatic nitrogens is 6. The molecule has 4 aromatic rings. The molecule has 1 aliphatic rings. The predicted molar refractivity (Wildman–Crippen MR) is 154 cm³/mol. The van der Waals surface area contributed by atoms with E-state index in [-0.39, 0.29) is 24.7 Å². The van der Waals surface area contributed by atoms with Crippen molar-refractivity contribution in [2.75, 3.05) is 20.7 Å². The van der Waals surface area contributed by atoms with E-state index in [0.717, 1.165) is 28.8 Å². The van der Waals surface area contributed by atoms with Crippen molar-refractivity contribution in [1.29, 1.82) is 0 Å². The Morgan fingerprint density at radius 2 is 2.10 bits per heavy atom. The van der Waals surface area contributed by atoms with E-state index >= 15 is 0 Å². The molecule has 2 amide bonds. The topological polar surface area (TPSA) is 148 Å². The van der Waals surface area contributed by atoms with E-state index in [1.807, 2.05) is 18.2 Å². The van der Waals surface area contributed by atoms with Gasteiger partial charge in [-0.1, -0.05) is 29.8 Å². The Bertz CT molecular complexity index is 1630. The number of carbonyl (C=O) groups is 3. The molecular formula is C29H29ClN8O4. The summed E-state index contributed by atoms with van der Waals surface area (Å²) in [6.07, 6.45) is 7.74. The van der Waals surface area contributed by atoms with Gasteiger partial charge in [-0.05, 0) is 58.7 Å². The van der Waals surface area contributed by atoms with Crippen molar-refractivity contribution in [3.05, 3.63) is 82.5 Å². The van der Waals surface area contributed by atoms with Gasteiger partial charge in [0.15, 0.2) is 0 Å². The average Bonchev–Trinajstić information content (AvgIpc) is 3.68. The number of nitrogens with one attached hydrogen (secondary N) is 2. The molecule has 42 heavy (non-hydrogen) atoms. The fraction of sp³-hybridized carbons (Fsp3) is 0.276. The van der Waals surface area contributed by atoms with Gasteiger partial charge in [-0.3, -0.25) is 14.4 Å². The van der Waals surface area contributed by atoms with E-state index < -0.39 is 11.9 Å². The van der Waals surface area contributed by atoms with E-state index in [2.05, 4.69) is 30.8 Å². The summed E-state index contributed by atoms with van der Waals surface area (Å²) < 4.78 is 6.29. The summed E-state index contributed by atoms with van der Waals surface area (Å²) in [6.45, 7) is 0.535. The van der Waals surface area contributed by atoms with E-state index in [4.69, 9.17) is 16.3 Å². The molecule has 0 aliphatic carbocycles. The van der Waals surface area contributed by atoms with Gasteiger partial charge in [0.2, 0.25) is 11.8 Å². The van der Waals surface area contributed by atoms with Crippen LogP contribution in [0.5, 0.6) is 0 Å². The first-order valence-electron chi connectivity index (χ1n) is 13.3. The lowest BCUT2D eigenvalue weighted by Crippen LogP contribution is -2.35. The molecule has 12 nitrogen and oxygen atoms in total. The zero-order valence-electron chi connectivity index (χ0n) is 23.1. The second kappa shape index (κ2) is 12.8. The van der Waals surface area contributed by atoms with Crippen LogP contribution < -0.4 is 5.32 Å². The average molecular weight is 589 g/mol. The third-order valence-corrected chi connectivity index (χ3v) is 7.26. The van der Waals surface area contributed by atoms with Crippen LogP contribution in [0.3, 0.4) is 0 Å². The number of H-pyrrole nitrogens is 1. The molecule has 0 saturated carbocycles. The van der Waals surface area contributed by atoms with E-state index in [0.29, 0.717) is 35.1 Å². The maximum atomic E-state index is 13.1. The minimum absolute atomic E-state index is 0.0288. The van der Waals surface area contributed by atoms with Crippen molar-refractivity contribution < 1.29 is 19.1 Å². The number of rotatable bonds is 6. The van der Waals surface area contributed by atoms with E-state index in [1.54, 1.807) is 42.4 Å². The Balaban J connectivity index is 1.41. The summed E-state index contributed by atoms with van der Waals surface area (Å²) in [7, 11) is 3.11. The number of methoxy groups -OCH3 is 1. The van der Waals surface area contributed by atoms with Gasteiger partial charge in [-0.2, -0.15) is 4.68 Å². The number of esters is 1. The van der Waals surface area contributed by atoms with E-state index in [1.165, 1.54) is 24.2 Å². The number of tetrazole rings is 1. The van der Waals surface area contributed by atoms with Crippen molar-refractivity contribution in [3.63, 3.8) is 0 Å². The lowest BCUT2D eigenvalue weighted by Gasteiger charge is -2.22. The first kappa shape index (κ1) is 28.7. The fourth-order valence-electron chi connectivity index (χ4n) is 4.82. The highest BCUT2D eigenvalue weighted by molar-refractivity contribution is 6.30. The monoisotopic (exact) mass is 588 g/mol. The summed E-state index contributed by atoms with van der Waals surface area (Å²) in [6, 6.07) is 10.3. The molecule has 0 saturated heterocycles. The molecule has 0 fully saturated rings. The number of ether oxygens (including phenoxy) is 1. The normalized spacial score (nSPS) is 15.5. The number of aryl methyl sites for hydroxylation is 1. The molecule has 1 aliphatic heterocycles. The first-order chi connectivity index (χ1) is 20.3. The lowest BCUT2D eigenvalue weighted by atomic mass is 9.96. The number of fused-ring (bicyclic) bond motifs is 4. The molecule has 0 unspecified atom stereocenters. The van der Waals surface area contributed by atoms with Gasteiger partial charge in [0, 0.05) is 35.8 Å². The summed E-state index contributed by atoms with van der Waals surface area (Å²) in [5.74, 6) is -0.406. The third kappa shape index (κ3) is 6.72. The zero-order chi connectivity index (χ0) is 29.6. The smallest absolute Gasteiger partial charge is 0.309 e. The molecule has 0 spiro atoms. The number of carbonyl (C=O) groups excluding carboxylic acids is 3. The van der Waals surface area contributed by atoms with Crippen LogP contribution in [-0.2, 0) is 32.0 Å². The van der Waals surface area contributed by atoms with Gasteiger partial charge in [0.25, 0.3) is 0 Å². The summed E-state index contributed by atoms with van der Waals surface area (Å²) in [4.78, 5) is 47.6. The minimum atomic E-state index is -0.703. The molecular weight excluding hydrogens is 560 g/mol. The Morgan fingerprint density at radius 3 is 2.88 bits per heavy atom. The molecule has 2 aromatic heterocycles. The van der Waals surface area contributed by atoms with Crippen LogP contribution >= 0.6 is 11.6 Å². The van der Waals surface area contributed by atoms with Gasteiger partial charge in [-0.25, -0.2) is 4.98 Å². The molecule has 2 aromatic carbocycles. The Hall–Kier alpha value is -4.84. The summed E-state index contributed by atoms with van der Waals surface area (Å²) in [5.41, 5.74) is 4.83. The maximum Gasteiger partial charge on any atom is 0.309 e. The zero-order valence-corrected chi connectivity index (χ0v) is 23.8. The Kier molecular flexibility index (Phi) is 8.72. The third-order valence-electron chi connectivity index (χ3n) is 7.02. The quantitative estimate of drug-likeness (QED) is 0.258. The van der Waals surface area contributed by atoms with Crippen LogP contribution in [0.2, 0.25) is 5.02 Å². The van der Waals surface area contributed by atoms with Crippen molar-refractivity contribution >= 4 is 35.5 Å². The Morgan fingerprint density at radius 1 is 1.24 bits per heavy atom. The summed E-state index contributed by atoms with van der Waals surface area (Å²) >= 11 is 6.19. The number of aromatic amines is 1. The molecule has 216 valence electrons. The van der Waals surface area contributed by atoms with Gasteiger partial charge < -0.3 is 19.9 Å². The van der Waals surface area contributed by atoms with Gasteiger partial charge in [0.05, 0.1) is 43.6 Å². The van der Waals surface area contributed by atoms with Gasteiger partial charge >= 0.3 is 5.97 Å². The van der Waals surface area contributed by atoms with Crippen LogP contribution in [0, 0.1) is 0 Å². The number of halogens is 1. The second-order valence-corrected chi connectivity index (χ2v) is 10.3. The first-order valence-corrected chi connectivity index (χ1v) is 13.7. The maximum absolute atomic E-state index is 13.1. The van der Waals surface area contributed by atoms with Gasteiger partial charge in [0.1, 0.15) is 12.2 Å². The summed E-state index contributed by atoms with van der Waals surface area (Å²) in [5, 5.41) is 14.6. The van der Waals surface area contributed by atoms with Crippen molar-refractivity contribution in [2.45, 2.75) is 31.7 Å². The number of benzene rings is 2. The van der Waals surface area contributed by atoms with Crippen molar-refractivity contribution in [3.8, 4) is 16.9 Å². The highest BCUT2D eigenvalue weighted by Gasteiger charge is 2.24. The van der Waals surface area contributed by atoms with Gasteiger partial charge in [-0.15, -0.1) is 5.10 Å². The molecule has 1 atom stereocenters. The molecule has 13 heteroatoms. The number of nitrogens with zero attached hydrogens (tertiary/aromatic N) is 6. The fourth-order valence-corrected chi connectivity index (χ4v) is 5.00. The minimum Gasteiger partial charge on any atom is -0.469 e. The van der Waals surface area contributed by atoms with Crippen LogP contribution in [0.1, 0.15) is 41.4 Å². The molecule has 5 rings (SSSR count). The van der Waals surface area contributed by atoms with Crippen LogP contribution in [0.15, 0.2) is 55.0 Å². The van der Waals surface area contributed by atoms with Crippen molar-refractivity contribution in [1.82, 2.24) is 40.4 Å². The molecule has 0 radical (unpaired) electrons. The second-order valence-electron chi connectivity index (χ2n) is 9.90. The standard InChI is InChI=1S/C29H29ClN8O4/c1-37-11-3-4-19-12-18(13-28(41)42-2)5-8-22(19)24-16-31-29(34-24)23(15-27(37)40)33-26(39)10-6-20-14-21(30)7-9-25(20)38-17-32-35-36-38/h5-10,12,14,16-17,23H,3-4,11,13,15H2,1-2H3,(H,31,34)(H,33,39)/b10-6+/t23-/m0/s1. The van der Waals surface area contributed by atoms with Crippen LogP contribution in [0.25, 0.3) is 23.0 Å². The SMILES string of the molecule is COC(=O)Cc1ccc2c(c1)CCCN(C)C(=O)C[C@H](NC(=O)/C=C/c1cc(Cl)ccc1-n1cnnn1)c1ncc-2[nH]1. The highest BCUT2D eigenvalue weighted by Crippen LogP contribution is 2.28. The van der Waals surface area contributed by atoms with Crippen LogP contribution in [0.4, 0.5) is 0 Å². The largest absolute Gasteiger partial charge is 0.469 e. The predicted octanol–water partition coefficient (Wildman–Crippen LogP) is 3.09. The van der Waals surface area contributed by atoms with Crippen LogP contribution in [-0.4, -0.2) is 73.6 Å². The molecule has 2 N–H and O–H groups in total. The molecule has 2 bridgehead atoms.